The molecular weight excluding hydrogens is 729 g/mol. The smallest absolute Gasteiger partial charge is 0.235 e. The van der Waals surface area contributed by atoms with Crippen LogP contribution in [0, 0.1) is 0 Å². The first-order valence-corrected chi connectivity index (χ1v) is 20.6. The minimum Gasteiger partial charge on any atom is -0.277 e. The van der Waals surface area contributed by atoms with E-state index >= 15 is 0 Å². The van der Waals surface area contributed by atoms with Crippen molar-refractivity contribution in [3.05, 3.63) is 217 Å². The Balaban J connectivity index is 1.24. The number of hydrogen-bond donors (Lipinski definition) is 0. The van der Waals surface area contributed by atoms with Crippen molar-refractivity contribution in [3.8, 4) is 39.5 Å². The normalized spacial score (nSPS) is 13.5. The minimum atomic E-state index is -0.565. The molecule has 0 bridgehead atoms. The summed E-state index contributed by atoms with van der Waals surface area (Å²) in [5.74, 6) is 0.647. The van der Waals surface area contributed by atoms with Crippen molar-refractivity contribution >= 4 is 65.0 Å². The van der Waals surface area contributed by atoms with Crippen LogP contribution in [-0.2, 0) is 5.41 Å². The van der Waals surface area contributed by atoms with E-state index in [1.54, 1.807) is 0 Å². The maximum Gasteiger partial charge on any atom is 0.235 e. The molecule has 12 aromatic rings. The zero-order valence-corrected chi connectivity index (χ0v) is 32.3. The molecule has 9 aromatic carbocycles. The molecule has 2 aliphatic rings. The first kappa shape index (κ1) is 32.1. The topological polar surface area (TPSA) is 43.6 Å². The van der Waals surface area contributed by atoms with Crippen molar-refractivity contribution in [1.82, 2.24) is 19.5 Å². The van der Waals surface area contributed by atoms with Gasteiger partial charge in [0, 0.05) is 50.5 Å². The Kier molecular flexibility index (Phi) is 6.19. The molecule has 0 amide bonds. The van der Waals surface area contributed by atoms with Crippen molar-refractivity contribution in [1.29, 1.82) is 0 Å². The van der Waals surface area contributed by atoms with Gasteiger partial charge >= 0.3 is 0 Å². The highest BCUT2D eigenvalue weighted by Gasteiger charge is 2.53. The van der Waals surface area contributed by atoms with Gasteiger partial charge in [-0.15, -0.1) is 0 Å². The Hall–Kier alpha value is -7.95. The summed E-state index contributed by atoms with van der Waals surface area (Å²) in [6, 6.07) is 66.1. The van der Waals surface area contributed by atoms with Crippen LogP contribution in [0.4, 0.5) is 0 Å². The first-order valence-electron chi connectivity index (χ1n) is 20.6. The van der Waals surface area contributed by atoms with Crippen LogP contribution in [0.15, 0.2) is 194 Å². The van der Waals surface area contributed by atoms with Crippen LogP contribution in [0.5, 0.6) is 0 Å². The molecule has 1 spiro atoms. The molecule has 3 heterocycles. The summed E-state index contributed by atoms with van der Waals surface area (Å²) >= 11 is 0. The van der Waals surface area contributed by atoms with Crippen molar-refractivity contribution in [2.24, 2.45) is 0 Å². The summed E-state index contributed by atoms with van der Waals surface area (Å²) in [6.07, 6.45) is 4.05. The van der Waals surface area contributed by atoms with Crippen LogP contribution < -0.4 is 0 Å². The third kappa shape index (κ3) is 3.84. The van der Waals surface area contributed by atoms with Crippen LogP contribution in [0.3, 0.4) is 0 Å². The lowest BCUT2D eigenvalue weighted by Crippen LogP contribution is -2.26. The molecule has 0 N–H and O–H groups in total. The second-order valence-electron chi connectivity index (χ2n) is 16.2. The molecule has 0 saturated carbocycles. The molecule has 0 fully saturated rings. The Morgan fingerprint density at radius 1 is 0.417 bits per heavy atom. The van der Waals surface area contributed by atoms with E-state index in [0.717, 1.165) is 54.7 Å². The fraction of sp³-hybridized carbons (Fsp3) is 0.0179. The van der Waals surface area contributed by atoms with Crippen molar-refractivity contribution in [2.75, 3.05) is 0 Å². The zero-order valence-electron chi connectivity index (χ0n) is 32.3. The SMILES string of the molecule is c1ccc(-c2nc(-n3c4ccccc4c4c5ccncc5c5c(c43)-c3ccccc3C53c4ccccc4-c4ccccc43)nc3c4ccccc4c4ccccc4c23)cc1. The second-order valence-corrected chi connectivity index (χ2v) is 16.2. The monoisotopic (exact) mass is 760 g/mol. The Morgan fingerprint density at radius 3 is 1.70 bits per heavy atom. The number of fused-ring (bicyclic) bond motifs is 23. The van der Waals surface area contributed by atoms with Crippen molar-refractivity contribution in [3.63, 3.8) is 0 Å². The van der Waals surface area contributed by atoms with E-state index in [2.05, 4.69) is 193 Å². The lowest BCUT2D eigenvalue weighted by molar-refractivity contribution is 0.801. The lowest BCUT2D eigenvalue weighted by Gasteiger charge is -2.31. The summed E-state index contributed by atoms with van der Waals surface area (Å²) in [7, 11) is 0. The third-order valence-electron chi connectivity index (χ3n) is 13.5. The van der Waals surface area contributed by atoms with Crippen molar-refractivity contribution < 1.29 is 0 Å². The van der Waals surface area contributed by atoms with Crippen LogP contribution in [0.25, 0.3) is 104 Å². The average molecular weight is 761 g/mol. The van der Waals surface area contributed by atoms with E-state index in [-0.39, 0.29) is 0 Å². The molecular formula is C56H32N4. The molecule has 0 unspecified atom stereocenters. The standard InChI is InChI=1S/C56H32N4/c1-2-16-33(17-3-1)52-50-38-22-6-4-18-34(38)35-19-5-7-23-40(35)53(50)59-55(58-52)60-47-29-15-11-25-42(47)48-39-30-31-57-32-43(39)51-49(54(48)60)41-24-10-14-28-46(41)56(51)44-26-12-8-20-36(44)37-21-9-13-27-45(37)56/h1-32H. The first-order chi connectivity index (χ1) is 29.8. The van der Waals surface area contributed by atoms with Gasteiger partial charge in [-0.05, 0) is 72.6 Å². The van der Waals surface area contributed by atoms with Gasteiger partial charge in [-0.25, -0.2) is 9.97 Å². The van der Waals surface area contributed by atoms with E-state index in [4.69, 9.17) is 15.0 Å². The van der Waals surface area contributed by atoms with Crippen LogP contribution in [0.1, 0.15) is 22.3 Å². The third-order valence-corrected chi connectivity index (χ3v) is 13.5. The predicted octanol–water partition coefficient (Wildman–Crippen LogP) is 13.6. The van der Waals surface area contributed by atoms with E-state index < -0.39 is 5.41 Å². The number of para-hydroxylation sites is 1. The quantitative estimate of drug-likeness (QED) is 0.165. The van der Waals surface area contributed by atoms with Gasteiger partial charge in [0.1, 0.15) is 0 Å². The number of hydrogen-bond acceptors (Lipinski definition) is 3. The molecule has 60 heavy (non-hydrogen) atoms. The van der Waals surface area contributed by atoms with Gasteiger partial charge in [0.25, 0.3) is 0 Å². The largest absolute Gasteiger partial charge is 0.277 e. The fourth-order valence-electron chi connectivity index (χ4n) is 11.3. The number of pyridine rings is 1. The molecule has 0 aliphatic heterocycles. The molecule has 0 radical (unpaired) electrons. The van der Waals surface area contributed by atoms with Crippen LogP contribution >= 0.6 is 0 Å². The highest BCUT2D eigenvalue weighted by molar-refractivity contribution is 6.29. The van der Waals surface area contributed by atoms with Gasteiger partial charge in [0.2, 0.25) is 5.95 Å². The highest BCUT2D eigenvalue weighted by atomic mass is 15.2. The number of nitrogens with zero attached hydrogens (tertiary/aromatic N) is 4. The number of benzene rings is 9. The molecule has 4 nitrogen and oxygen atoms in total. The molecule has 2 aliphatic carbocycles. The molecule has 14 rings (SSSR count). The fourth-order valence-corrected chi connectivity index (χ4v) is 11.3. The van der Waals surface area contributed by atoms with Gasteiger partial charge in [-0.1, -0.05) is 170 Å². The minimum absolute atomic E-state index is 0.565. The van der Waals surface area contributed by atoms with Crippen molar-refractivity contribution in [2.45, 2.75) is 5.41 Å². The van der Waals surface area contributed by atoms with E-state index in [0.29, 0.717) is 5.95 Å². The molecule has 276 valence electrons. The van der Waals surface area contributed by atoms with Crippen LogP contribution in [0.2, 0.25) is 0 Å². The summed E-state index contributed by atoms with van der Waals surface area (Å²) in [5, 5.41) is 10.4. The highest BCUT2D eigenvalue weighted by Crippen LogP contribution is 2.65. The van der Waals surface area contributed by atoms with E-state index in [9.17, 15) is 0 Å². The van der Waals surface area contributed by atoms with Gasteiger partial charge in [-0.3, -0.25) is 9.55 Å². The lowest BCUT2D eigenvalue weighted by atomic mass is 9.69. The Labute approximate surface area is 344 Å². The maximum absolute atomic E-state index is 5.74. The summed E-state index contributed by atoms with van der Waals surface area (Å²) in [6.45, 7) is 0. The van der Waals surface area contributed by atoms with Gasteiger partial charge in [0.15, 0.2) is 0 Å². The summed E-state index contributed by atoms with van der Waals surface area (Å²) in [4.78, 5) is 16.4. The Morgan fingerprint density at radius 2 is 0.967 bits per heavy atom. The summed E-state index contributed by atoms with van der Waals surface area (Å²) < 4.78 is 2.38. The zero-order chi connectivity index (χ0) is 39.1. The Bertz CT molecular complexity index is 3800. The van der Waals surface area contributed by atoms with Crippen LogP contribution in [-0.4, -0.2) is 19.5 Å². The molecule has 0 atom stereocenters. The van der Waals surface area contributed by atoms with E-state index in [1.807, 2.05) is 6.20 Å². The van der Waals surface area contributed by atoms with Gasteiger partial charge in [-0.2, -0.15) is 0 Å². The average Bonchev–Trinajstić information content (AvgIpc) is 3.94. The predicted molar refractivity (Wildman–Crippen MR) is 246 cm³/mol. The van der Waals surface area contributed by atoms with Gasteiger partial charge in [0.05, 0.1) is 27.7 Å². The van der Waals surface area contributed by atoms with Gasteiger partial charge < -0.3 is 0 Å². The van der Waals surface area contributed by atoms with E-state index in [1.165, 1.54) is 66.1 Å². The number of rotatable bonds is 2. The molecule has 4 heteroatoms. The summed E-state index contributed by atoms with van der Waals surface area (Å²) in [5.41, 5.74) is 14.7. The number of aromatic nitrogens is 4. The maximum atomic E-state index is 5.74. The molecule has 3 aromatic heterocycles. The molecule has 0 saturated heterocycles. The second kappa shape index (κ2) is 11.6.